The highest BCUT2D eigenvalue weighted by molar-refractivity contribution is 5.97. The SMILES string of the molecule is CCOC(=O)c1ccc(NC(=O)Cc2c(C)n(C)c3ccccc23)cc1. The molecule has 3 aromatic rings. The number of esters is 1. The van der Waals surface area contributed by atoms with Crippen molar-refractivity contribution in [1.82, 2.24) is 4.57 Å². The van der Waals surface area contributed by atoms with E-state index in [1.54, 1.807) is 31.2 Å². The number of carbonyl (C=O) groups is 2. The Morgan fingerprint density at radius 1 is 1.08 bits per heavy atom. The second kappa shape index (κ2) is 7.44. The first kappa shape index (κ1) is 17.7. The second-order valence-electron chi connectivity index (χ2n) is 6.16. The molecule has 5 heteroatoms. The van der Waals surface area contributed by atoms with Crippen molar-refractivity contribution in [2.45, 2.75) is 20.3 Å². The number of hydrogen-bond acceptors (Lipinski definition) is 3. The zero-order valence-corrected chi connectivity index (χ0v) is 15.2. The van der Waals surface area contributed by atoms with Crippen LogP contribution >= 0.6 is 0 Å². The summed E-state index contributed by atoms with van der Waals surface area (Å²) in [5.41, 5.74) is 4.35. The van der Waals surface area contributed by atoms with Crippen LogP contribution in [0.1, 0.15) is 28.5 Å². The van der Waals surface area contributed by atoms with Gasteiger partial charge in [-0.05, 0) is 49.7 Å². The number of nitrogens with one attached hydrogen (secondary N) is 1. The van der Waals surface area contributed by atoms with Crippen molar-refractivity contribution in [3.05, 3.63) is 65.4 Å². The van der Waals surface area contributed by atoms with Gasteiger partial charge in [0.15, 0.2) is 0 Å². The molecule has 2 aromatic carbocycles. The summed E-state index contributed by atoms with van der Waals surface area (Å²) in [6, 6.07) is 14.8. The van der Waals surface area contributed by atoms with Gasteiger partial charge in [-0.1, -0.05) is 18.2 Å². The molecular formula is C21H22N2O3. The number of carbonyl (C=O) groups excluding carboxylic acids is 2. The van der Waals surface area contributed by atoms with E-state index in [9.17, 15) is 9.59 Å². The number of rotatable bonds is 5. The van der Waals surface area contributed by atoms with E-state index in [0.29, 0.717) is 24.3 Å². The molecule has 0 fully saturated rings. The molecule has 3 rings (SSSR count). The van der Waals surface area contributed by atoms with E-state index >= 15 is 0 Å². The van der Waals surface area contributed by atoms with Crippen LogP contribution in [0.4, 0.5) is 5.69 Å². The van der Waals surface area contributed by atoms with Crippen LogP contribution in [0.3, 0.4) is 0 Å². The van der Waals surface area contributed by atoms with Crippen molar-refractivity contribution in [2.24, 2.45) is 7.05 Å². The van der Waals surface area contributed by atoms with Crippen LogP contribution in [0.15, 0.2) is 48.5 Å². The molecule has 0 radical (unpaired) electrons. The van der Waals surface area contributed by atoms with E-state index in [4.69, 9.17) is 4.74 Å². The van der Waals surface area contributed by atoms with Gasteiger partial charge < -0.3 is 14.6 Å². The number of aromatic nitrogens is 1. The zero-order chi connectivity index (χ0) is 18.7. The van der Waals surface area contributed by atoms with Crippen LogP contribution in [0.5, 0.6) is 0 Å². The highest BCUT2D eigenvalue weighted by Crippen LogP contribution is 2.25. The molecular weight excluding hydrogens is 328 g/mol. The first-order chi connectivity index (χ1) is 12.5. The quantitative estimate of drug-likeness (QED) is 0.711. The number of para-hydroxylation sites is 1. The van der Waals surface area contributed by atoms with E-state index in [1.165, 1.54) is 0 Å². The van der Waals surface area contributed by atoms with Crippen LogP contribution in [0.25, 0.3) is 10.9 Å². The largest absolute Gasteiger partial charge is 0.462 e. The maximum absolute atomic E-state index is 12.5. The van der Waals surface area contributed by atoms with Gasteiger partial charge in [0.2, 0.25) is 5.91 Å². The predicted octanol–water partition coefficient (Wildman–Crippen LogP) is 3.84. The van der Waals surface area contributed by atoms with Crippen LogP contribution in [0, 0.1) is 6.92 Å². The van der Waals surface area contributed by atoms with Crippen molar-refractivity contribution in [2.75, 3.05) is 11.9 Å². The molecule has 0 aliphatic rings. The minimum absolute atomic E-state index is 0.0895. The summed E-state index contributed by atoms with van der Waals surface area (Å²) in [4.78, 5) is 24.2. The number of hydrogen-bond donors (Lipinski definition) is 1. The van der Waals surface area contributed by atoms with E-state index in [-0.39, 0.29) is 11.9 Å². The number of benzene rings is 2. The first-order valence-corrected chi connectivity index (χ1v) is 8.61. The predicted molar refractivity (Wildman–Crippen MR) is 102 cm³/mol. The number of anilines is 1. The van der Waals surface area contributed by atoms with Crippen LogP contribution in [-0.4, -0.2) is 23.1 Å². The Bertz CT molecular complexity index is 955. The van der Waals surface area contributed by atoms with Crippen molar-refractivity contribution in [1.29, 1.82) is 0 Å². The van der Waals surface area contributed by atoms with E-state index < -0.39 is 0 Å². The minimum Gasteiger partial charge on any atom is -0.462 e. The van der Waals surface area contributed by atoms with Crippen molar-refractivity contribution in [3.63, 3.8) is 0 Å². The molecule has 5 nitrogen and oxygen atoms in total. The normalized spacial score (nSPS) is 10.7. The van der Waals surface area contributed by atoms with Crippen LogP contribution in [0.2, 0.25) is 0 Å². The summed E-state index contributed by atoms with van der Waals surface area (Å²) >= 11 is 0. The Kier molecular flexibility index (Phi) is 5.07. The fourth-order valence-corrected chi connectivity index (χ4v) is 3.09. The lowest BCUT2D eigenvalue weighted by molar-refractivity contribution is -0.115. The molecule has 0 aliphatic carbocycles. The molecule has 0 aliphatic heterocycles. The monoisotopic (exact) mass is 350 g/mol. The lowest BCUT2D eigenvalue weighted by Crippen LogP contribution is -2.15. The lowest BCUT2D eigenvalue weighted by Gasteiger charge is -2.07. The van der Waals surface area contributed by atoms with Gasteiger partial charge in [0, 0.05) is 29.3 Å². The van der Waals surface area contributed by atoms with Gasteiger partial charge in [0.1, 0.15) is 0 Å². The molecule has 1 N–H and O–H groups in total. The van der Waals surface area contributed by atoms with Gasteiger partial charge >= 0.3 is 5.97 Å². The highest BCUT2D eigenvalue weighted by atomic mass is 16.5. The molecule has 0 bridgehead atoms. The Morgan fingerprint density at radius 2 is 1.77 bits per heavy atom. The zero-order valence-electron chi connectivity index (χ0n) is 15.2. The first-order valence-electron chi connectivity index (χ1n) is 8.61. The molecule has 1 heterocycles. The molecule has 26 heavy (non-hydrogen) atoms. The van der Waals surface area contributed by atoms with Crippen molar-refractivity contribution in [3.8, 4) is 0 Å². The van der Waals surface area contributed by atoms with Gasteiger partial charge in [-0.2, -0.15) is 0 Å². The Balaban J connectivity index is 1.74. The topological polar surface area (TPSA) is 60.3 Å². The smallest absolute Gasteiger partial charge is 0.338 e. The van der Waals surface area contributed by atoms with Gasteiger partial charge in [-0.15, -0.1) is 0 Å². The maximum atomic E-state index is 12.5. The summed E-state index contributed by atoms with van der Waals surface area (Å²) in [5, 5.41) is 3.99. The maximum Gasteiger partial charge on any atom is 0.338 e. The third-order valence-electron chi connectivity index (χ3n) is 4.55. The molecule has 0 saturated heterocycles. The summed E-state index contributed by atoms with van der Waals surface area (Å²) in [6.07, 6.45) is 0.298. The fourth-order valence-electron chi connectivity index (χ4n) is 3.09. The summed E-state index contributed by atoms with van der Waals surface area (Å²) in [5.74, 6) is -0.454. The molecule has 1 aromatic heterocycles. The fraction of sp³-hybridized carbons (Fsp3) is 0.238. The van der Waals surface area contributed by atoms with Gasteiger partial charge in [-0.3, -0.25) is 4.79 Å². The number of aryl methyl sites for hydroxylation is 1. The van der Waals surface area contributed by atoms with Crippen LogP contribution < -0.4 is 5.32 Å². The second-order valence-corrected chi connectivity index (χ2v) is 6.16. The van der Waals surface area contributed by atoms with E-state index in [2.05, 4.69) is 16.0 Å². The third kappa shape index (κ3) is 3.47. The number of ether oxygens (including phenoxy) is 1. The molecule has 0 unspecified atom stereocenters. The van der Waals surface area contributed by atoms with Gasteiger partial charge in [0.25, 0.3) is 0 Å². The minimum atomic E-state index is -0.364. The molecule has 0 saturated carbocycles. The van der Waals surface area contributed by atoms with Crippen molar-refractivity contribution < 1.29 is 14.3 Å². The van der Waals surface area contributed by atoms with Gasteiger partial charge in [-0.25, -0.2) is 4.79 Å². The number of amides is 1. The molecule has 0 spiro atoms. The summed E-state index contributed by atoms with van der Waals surface area (Å²) < 4.78 is 7.06. The average molecular weight is 350 g/mol. The molecule has 1 amide bonds. The van der Waals surface area contributed by atoms with Crippen LogP contribution in [-0.2, 0) is 23.0 Å². The number of nitrogens with zero attached hydrogens (tertiary/aromatic N) is 1. The standard InChI is InChI=1S/C21H22N2O3/c1-4-26-21(25)15-9-11-16(12-10-15)22-20(24)13-18-14(2)23(3)19-8-6-5-7-17(18)19/h5-12H,4,13H2,1-3H3,(H,22,24). The third-order valence-corrected chi connectivity index (χ3v) is 4.55. The van der Waals surface area contributed by atoms with Gasteiger partial charge in [0.05, 0.1) is 18.6 Å². The summed E-state index contributed by atoms with van der Waals surface area (Å²) in [6.45, 7) is 4.13. The number of fused-ring (bicyclic) bond motifs is 1. The van der Waals surface area contributed by atoms with E-state index in [1.807, 2.05) is 32.2 Å². The Morgan fingerprint density at radius 3 is 2.46 bits per heavy atom. The Hall–Kier alpha value is -3.08. The molecule has 134 valence electrons. The van der Waals surface area contributed by atoms with Crippen molar-refractivity contribution >= 4 is 28.5 Å². The molecule has 0 atom stereocenters. The highest BCUT2D eigenvalue weighted by Gasteiger charge is 2.15. The average Bonchev–Trinajstić information content (AvgIpc) is 2.88. The lowest BCUT2D eigenvalue weighted by atomic mass is 10.1. The van der Waals surface area contributed by atoms with E-state index in [0.717, 1.165) is 22.2 Å². The summed E-state index contributed by atoms with van der Waals surface area (Å²) in [7, 11) is 2.01. The Labute approximate surface area is 152 Å².